The molecule has 1 atom stereocenters. The van der Waals surface area contributed by atoms with Gasteiger partial charge < -0.3 is 10.8 Å². The molecule has 0 bridgehead atoms. The van der Waals surface area contributed by atoms with Gasteiger partial charge in [0, 0.05) is 6.04 Å². The van der Waals surface area contributed by atoms with Crippen molar-refractivity contribution in [3.63, 3.8) is 0 Å². The van der Waals surface area contributed by atoms with Crippen molar-refractivity contribution in [1.29, 1.82) is 0 Å². The van der Waals surface area contributed by atoms with Crippen molar-refractivity contribution in [3.05, 3.63) is 29.3 Å². The summed E-state index contributed by atoms with van der Waals surface area (Å²) in [5, 5.41) is 9.68. The van der Waals surface area contributed by atoms with E-state index < -0.39 is 0 Å². The smallest absolute Gasteiger partial charge is 0.118 e. The minimum absolute atomic E-state index is 0.270. The van der Waals surface area contributed by atoms with E-state index in [1.165, 1.54) is 5.56 Å². The quantitative estimate of drug-likeness (QED) is 0.803. The molecule has 1 unspecified atom stereocenters. The fourth-order valence-electron chi connectivity index (χ4n) is 1.78. The highest BCUT2D eigenvalue weighted by Gasteiger charge is 2.08. The van der Waals surface area contributed by atoms with E-state index in [4.69, 9.17) is 5.73 Å². The van der Waals surface area contributed by atoms with Crippen LogP contribution in [0.3, 0.4) is 0 Å². The van der Waals surface area contributed by atoms with Crippen LogP contribution in [-0.2, 0) is 6.42 Å². The maximum atomic E-state index is 9.68. The Hall–Kier alpha value is -1.02. The third kappa shape index (κ3) is 3.86. The molecule has 0 saturated carbocycles. The molecule has 0 aliphatic rings. The molecule has 0 saturated heterocycles. The third-order valence-corrected chi connectivity index (χ3v) is 3.07. The normalized spacial score (nSPS) is 13.1. The number of hydrogen-bond donors (Lipinski definition) is 2. The zero-order chi connectivity index (χ0) is 12.1. The molecule has 0 heterocycles. The van der Waals surface area contributed by atoms with E-state index in [1.807, 2.05) is 13.0 Å². The van der Waals surface area contributed by atoms with Crippen molar-refractivity contribution in [1.82, 2.24) is 0 Å². The summed E-state index contributed by atoms with van der Waals surface area (Å²) >= 11 is 0. The van der Waals surface area contributed by atoms with Crippen LogP contribution < -0.4 is 5.73 Å². The number of rotatable bonds is 5. The van der Waals surface area contributed by atoms with Gasteiger partial charge in [0.25, 0.3) is 0 Å². The summed E-state index contributed by atoms with van der Waals surface area (Å²) in [6, 6.07) is 6.02. The first-order valence-corrected chi connectivity index (χ1v) is 6.04. The molecule has 2 nitrogen and oxygen atoms in total. The molecular formula is C14H23NO. The molecule has 1 rings (SSSR count). The first-order valence-electron chi connectivity index (χ1n) is 6.04. The minimum Gasteiger partial charge on any atom is -0.508 e. The lowest BCUT2D eigenvalue weighted by Gasteiger charge is -2.15. The first-order chi connectivity index (χ1) is 7.50. The minimum atomic E-state index is 0.270. The maximum Gasteiger partial charge on any atom is 0.118 e. The van der Waals surface area contributed by atoms with Crippen LogP contribution in [0, 0.1) is 12.8 Å². The summed E-state index contributed by atoms with van der Waals surface area (Å²) in [7, 11) is 0. The maximum absolute atomic E-state index is 9.68. The molecule has 2 heteroatoms. The van der Waals surface area contributed by atoms with E-state index in [1.54, 1.807) is 6.07 Å². The average molecular weight is 221 g/mol. The van der Waals surface area contributed by atoms with Gasteiger partial charge in [-0.2, -0.15) is 0 Å². The Bertz CT molecular complexity index is 334. The zero-order valence-electron chi connectivity index (χ0n) is 10.5. The van der Waals surface area contributed by atoms with E-state index in [0.29, 0.717) is 11.7 Å². The lowest BCUT2D eigenvalue weighted by atomic mass is 9.97. The fourth-order valence-corrected chi connectivity index (χ4v) is 1.78. The average Bonchev–Trinajstić information content (AvgIpc) is 2.22. The van der Waals surface area contributed by atoms with Crippen molar-refractivity contribution < 1.29 is 5.11 Å². The molecule has 1 aromatic rings. The monoisotopic (exact) mass is 221 g/mol. The summed E-state index contributed by atoms with van der Waals surface area (Å²) in [6.07, 6.45) is 2.97. The van der Waals surface area contributed by atoms with Gasteiger partial charge in [-0.05, 0) is 43.7 Å². The van der Waals surface area contributed by atoms with E-state index in [0.717, 1.165) is 24.8 Å². The van der Waals surface area contributed by atoms with Crippen molar-refractivity contribution in [2.75, 3.05) is 0 Å². The molecule has 3 N–H and O–H groups in total. The van der Waals surface area contributed by atoms with Gasteiger partial charge in [-0.25, -0.2) is 0 Å². The predicted molar refractivity (Wildman–Crippen MR) is 68.6 cm³/mol. The number of aromatic hydroxyl groups is 1. The Morgan fingerprint density at radius 2 is 2.00 bits per heavy atom. The van der Waals surface area contributed by atoms with Crippen LogP contribution in [-0.4, -0.2) is 11.1 Å². The Morgan fingerprint density at radius 3 is 2.62 bits per heavy atom. The van der Waals surface area contributed by atoms with E-state index >= 15 is 0 Å². The van der Waals surface area contributed by atoms with Gasteiger partial charge in [0.15, 0.2) is 0 Å². The summed E-state index contributed by atoms with van der Waals surface area (Å²) in [4.78, 5) is 0. The van der Waals surface area contributed by atoms with Gasteiger partial charge in [0.1, 0.15) is 5.75 Å². The number of aryl methyl sites for hydroxylation is 2. The molecular weight excluding hydrogens is 198 g/mol. The summed E-state index contributed by atoms with van der Waals surface area (Å²) in [6.45, 7) is 6.34. The fraction of sp³-hybridized carbons (Fsp3) is 0.571. The van der Waals surface area contributed by atoms with Crippen molar-refractivity contribution in [3.8, 4) is 5.75 Å². The topological polar surface area (TPSA) is 46.2 Å². The van der Waals surface area contributed by atoms with Crippen LogP contribution >= 0.6 is 0 Å². The van der Waals surface area contributed by atoms with Crippen molar-refractivity contribution in [2.24, 2.45) is 11.7 Å². The molecule has 0 fully saturated rings. The van der Waals surface area contributed by atoms with Gasteiger partial charge in [0.05, 0.1) is 0 Å². The van der Waals surface area contributed by atoms with Crippen LogP contribution in [0.25, 0.3) is 0 Å². The molecule has 0 aromatic heterocycles. The molecule has 16 heavy (non-hydrogen) atoms. The Kier molecular flexibility index (Phi) is 4.81. The highest BCUT2D eigenvalue weighted by atomic mass is 16.3. The SMILES string of the molecule is Cc1ccc(O)c(CCCC(N)C(C)C)c1. The van der Waals surface area contributed by atoms with Crippen molar-refractivity contribution >= 4 is 0 Å². The summed E-state index contributed by atoms with van der Waals surface area (Å²) < 4.78 is 0. The van der Waals surface area contributed by atoms with E-state index in [2.05, 4.69) is 19.9 Å². The molecule has 0 spiro atoms. The molecule has 1 aromatic carbocycles. The molecule has 0 radical (unpaired) electrons. The second kappa shape index (κ2) is 5.90. The Labute approximate surface area is 98.5 Å². The van der Waals surface area contributed by atoms with Gasteiger partial charge in [0.2, 0.25) is 0 Å². The van der Waals surface area contributed by atoms with Crippen LogP contribution in [0.1, 0.15) is 37.8 Å². The molecule has 0 amide bonds. The second-order valence-electron chi connectivity index (χ2n) is 4.93. The first kappa shape index (κ1) is 13.0. The lowest BCUT2D eigenvalue weighted by molar-refractivity contribution is 0.443. The largest absolute Gasteiger partial charge is 0.508 e. The number of phenols is 1. The molecule has 90 valence electrons. The molecule has 0 aliphatic carbocycles. The van der Waals surface area contributed by atoms with Crippen LogP contribution in [0.5, 0.6) is 5.75 Å². The summed E-state index contributed by atoms with van der Waals surface area (Å²) in [5.41, 5.74) is 8.22. The number of hydrogen-bond acceptors (Lipinski definition) is 2. The summed E-state index contributed by atoms with van der Waals surface area (Å²) in [5.74, 6) is 0.940. The Balaban J connectivity index is 2.45. The zero-order valence-corrected chi connectivity index (χ0v) is 10.5. The third-order valence-electron chi connectivity index (χ3n) is 3.07. The van der Waals surface area contributed by atoms with Gasteiger partial charge in [-0.1, -0.05) is 31.5 Å². The number of phenolic OH excluding ortho intramolecular Hbond substituents is 1. The molecule has 0 aliphatic heterocycles. The second-order valence-corrected chi connectivity index (χ2v) is 4.93. The van der Waals surface area contributed by atoms with Crippen LogP contribution in [0.15, 0.2) is 18.2 Å². The highest BCUT2D eigenvalue weighted by Crippen LogP contribution is 2.20. The number of nitrogens with two attached hydrogens (primary N) is 1. The van der Waals surface area contributed by atoms with Gasteiger partial charge in [-0.15, -0.1) is 0 Å². The van der Waals surface area contributed by atoms with Gasteiger partial charge >= 0.3 is 0 Å². The van der Waals surface area contributed by atoms with E-state index in [-0.39, 0.29) is 6.04 Å². The standard InChI is InChI=1S/C14H23NO/c1-10(2)13(15)6-4-5-12-9-11(3)7-8-14(12)16/h7-10,13,16H,4-6,15H2,1-3H3. The Morgan fingerprint density at radius 1 is 1.31 bits per heavy atom. The number of benzene rings is 1. The predicted octanol–water partition coefficient (Wildman–Crippen LogP) is 3.01. The van der Waals surface area contributed by atoms with Crippen LogP contribution in [0.4, 0.5) is 0 Å². The van der Waals surface area contributed by atoms with Gasteiger partial charge in [-0.3, -0.25) is 0 Å². The highest BCUT2D eigenvalue weighted by molar-refractivity contribution is 5.35. The lowest BCUT2D eigenvalue weighted by Crippen LogP contribution is -2.26. The van der Waals surface area contributed by atoms with Crippen LogP contribution in [0.2, 0.25) is 0 Å². The van der Waals surface area contributed by atoms with Crippen molar-refractivity contribution in [2.45, 2.75) is 46.1 Å². The van der Waals surface area contributed by atoms with E-state index in [9.17, 15) is 5.11 Å².